The largest absolute Gasteiger partial charge is 0.411 e. The number of hydrogen-bond donors (Lipinski definition) is 0. The zero-order valence-electron chi connectivity index (χ0n) is 14.9. The van der Waals surface area contributed by atoms with Gasteiger partial charge in [0.05, 0.1) is 0 Å². The molecule has 3 aromatic rings. The molecule has 0 amide bonds. The minimum Gasteiger partial charge on any atom is -0.411 e. The lowest BCUT2D eigenvalue weighted by Gasteiger charge is -2.36. The second-order valence-electron chi connectivity index (χ2n) is 6.39. The van der Waals surface area contributed by atoms with Crippen LogP contribution < -0.4 is 4.90 Å². The van der Waals surface area contributed by atoms with Crippen LogP contribution in [-0.2, 0) is 0 Å². The van der Waals surface area contributed by atoms with Crippen LogP contribution >= 0.6 is 11.8 Å². The van der Waals surface area contributed by atoms with Gasteiger partial charge in [-0.05, 0) is 36.4 Å². The van der Waals surface area contributed by atoms with E-state index in [1.54, 1.807) is 23.9 Å². The zero-order chi connectivity index (χ0) is 18.5. The summed E-state index contributed by atoms with van der Waals surface area (Å²) < 4.78 is 18.7. The number of anilines is 1. The molecule has 0 bridgehead atoms. The molecule has 0 atom stereocenters. The van der Waals surface area contributed by atoms with Crippen LogP contribution in [0.25, 0.3) is 11.5 Å². The van der Waals surface area contributed by atoms with E-state index in [2.05, 4.69) is 50.3 Å². The highest BCUT2D eigenvalue weighted by atomic mass is 32.2. The SMILES string of the molecule is Fc1ccc(-c2nnc(SCCN3CCN(c4ccccc4)CC3)o2)cc1. The van der Waals surface area contributed by atoms with Crippen molar-refractivity contribution in [3.8, 4) is 11.5 Å². The van der Waals surface area contributed by atoms with Crippen LogP contribution in [0.4, 0.5) is 10.1 Å². The molecule has 1 fully saturated rings. The third-order valence-electron chi connectivity index (χ3n) is 4.62. The number of thioether (sulfide) groups is 1. The van der Waals surface area contributed by atoms with Crippen molar-refractivity contribution in [1.82, 2.24) is 15.1 Å². The van der Waals surface area contributed by atoms with E-state index in [0.29, 0.717) is 11.1 Å². The first-order chi connectivity index (χ1) is 13.3. The average Bonchev–Trinajstić information content (AvgIpc) is 3.19. The Labute approximate surface area is 162 Å². The Bertz CT molecular complexity index is 848. The molecule has 0 spiro atoms. The highest BCUT2D eigenvalue weighted by Crippen LogP contribution is 2.23. The minimum absolute atomic E-state index is 0.278. The van der Waals surface area contributed by atoms with Crippen molar-refractivity contribution in [2.45, 2.75) is 5.22 Å². The molecule has 7 heteroatoms. The highest BCUT2D eigenvalue weighted by Gasteiger charge is 2.17. The van der Waals surface area contributed by atoms with Crippen molar-refractivity contribution in [2.24, 2.45) is 0 Å². The van der Waals surface area contributed by atoms with Crippen LogP contribution in [0.1, 0.15) is 0 Å². The van der Waals surface area contributed by atoms with Gasteiger partial charge in [0.25, 0.3) is 5.22 Å². The molecule has 1 saturated heterocycles. The van der Waals surface area contributed by atoms with Crippen LogP contribution in [0.2, 0.25) is 0 Å². The summed E-state index contributed by atoms with van der Waals surface area (Å²) in [6.45, 7) is 5.19. The maximum Gasteiger partial charge on any atom is 0.276 e. The van der Waals surface area contributed by atoms with Crippen LogP contribution in [0, 0.1) is 5.82 Å². The van der Waals surface area contributed by atoms with Gasteiger partial charge in [-0.15, -0.1) is 10.2 Å². The van der Waals surface area contributed by atoms with Crippen molar-refractivity contribution in [3.63, 3.8) is 0 Å². The molecule has 1 aromatic heterocycles. The summed E-state index contributed by atoms with van der Waals surface area (Å²) in [6, 6.07) is 16.6. The fraction of sp³-hybridized carbons (Fsp3) is 0.300. The Morgan fingerprint density at radius 1 is 0.926 bits per heavy atom. The lowest BCUT2D eigenvalue weighted by molar-refractivity contribution is 0.273. The van der Waals surface area contributed by atoms with E-state index in [1.807, 2.05) is 0 Å². The fourth-order valence-electron chi connectivity index (χ4n) is 3.11. The number of rotatable bonds is 6. The van der Waals surface area contributed by atoms with Gasteiger partial charge >= 0.3 is 0 Å². The Balaban J connectivity index is 1.22. The van der Waals surface area contributed by atoms with E-state index >= 15 is 0 Å². The monoisotopic (exact) mass is 384 g/mol. The number of benzene rings is 2. The molecule has 2 aromatic carbocycles. The molecule has 4 rings (SSSR count). The van der Waals surface area contributed by atoms with Gasteiger partial charge in [-0.2, -0.15) is 0 Å². The van der Waals surface area contributed by atoms with E-state index in [4.69, 9.17) is 4.42 Å². The molecule has 0 N–H and O–H groups in total. The number of piperazine rings is 1. The average molecular weight is 384 g/mol. The Hall–Kier alpha value is -2.38. The molecule has 140 valence electrons. The van der Waals surface area contributed by atoms with E-state index in [0.717, 1.165) is 44.0 Å². The second kappa shape index (κ2) is 8.54. The van der Waals surface area contributed by atoms with Crippen LogP contribution in [0.15, 0.2) is 64.2 Å². The van der Waals surface area contributed by atoms with Crippen molar-refractivity contribution in [1.29, 1.82) is 0 Å². The first-order valence-corrected chi connectivity index (χ1v) is 10.0. The topological polar surface area (TPSA) is 45.4 Å². The summed E-state index contributed by atoms with van der Waals surface area (Å²) in [7, 11) is 0. The molecule has 0 unspecified atom stereocenters. The van der Waals surface area contributed by atoms with Crippen LogP contribution in [0.5, 0.6) is 0 Å². The Kier molecular flexibility index (Phi) is 5.69. The normalized spacial score (nSPS) is 15.2. The molecule has 5 nitrogen and oxygen atoms in total. The predicted molar refractivity (Wildman–Crippen MR) is 106 cm³/mol. The molecular formula is C20H21FN4OS. The summed E-state index contributed by atoms with van der Waals surface area (Å²) in [6.07, 6.45) is 0. The molecule has 0 radical (unpaired) electrons. The van der Waals surface area contributed by atoms with Crippen molar-refractivity contribution < 1.29 is 8.81 Å². The molecular weight excluding hydrogens is 363 g/mol. The Morgan fingerprint density at radius 3 is 2.41 bits per heavy atom. The standard InChI is InChI=1S/C20H21FN4OS/c21-17-8-6-16(7-9-17)19-22-23-20(26-19)27-15-14-24-10-12-25(13-11-24)18-4-2-1-3-5-18/h1-9H,10-15H2. The van der Waals surface area contributed by atoms with E-state index in [9.17, 15) is 4.39 Å². The quantitative estimate of drug-likeness (QED) is 0.603. The first-order valence-electron chi connectivity index (χ1n) is 9.02. The maximum atomic E-state index is 13.0. The number of halogens is 1. The molecule has 27 heavy (non-hydrogen) atoms. The fourth-order valence-corrected chi connectivity index (χ4v) is 3.87. The van der Waals surface area contributed by atoms with Crippen molar-refractivity contribution in [2.75, 3.05) is 43.4 Å². The van der Waals surface area contributed by atoms with Crippen molar-refractivity contribution >= 4 is 17.4 Å². The molecule has 1 aliphatic rings. The summed E-state index contributed by atoms with van der Waals surface area (Å²) >= 11 is 1.56. The van der Waals surface area contributed by atoms with Crippen molar-refractivity contribution in [3.05, 3.63) is 60.4 Å². The molecule has 0 aliphatic carbocycles. The third-order valence-corrected chi connectivity index (χ3v) is 5.42. The van der Waals surface area contributed by atoms with Crippen LogP contribution in [-0.4, -0.2) is 53.6 Å². The van der Waals surface area contributed by atoms with Gasteiger partial charge in [-0.25, -0.2) is 4.39 Å². The smallest absolute Gasteiger partial charge is 0.276 e. The predicted octanol–water partition coefficient (Wildman–Crippen LogP) is 3.79. The first kappa shape index (κ1) is 18.0. The summed E-state index contributed by atoms with van der Waals surface area (Å²) in [5.41, 5.74) is 2.03. The van der Waals surface area contributed by atoms with Gasteiger partial charge in [0.2, 0.25) is 5.89 Å². The van der Waals surface area contributed by atoms with Gasteiger partial charge in [0.1, 0.15) is 5.82 Å². The van der Waals surface area contributed by atoms with Gasteiger partial charge < -0.3 is 9.32 Å². The molecule has 1 aliphatic heterocycles. The third kappa shape index (κ3) is 4.67. The number of hydrogen-bond acceptors (Lipinski definition) is 6. The zero-order valence-corrected chi connectivity index (χ0v) is 15.7. The summed E-state index contributed by atoms with van der Waals surface area (Å²) in [4.78, 5) is 4.89. The lowest BCUT2D eigenvalue weighted by Crippen LogP contribution is -2.47. The highest BCUT2D eigenvalue weighted by molar-refractivity contribution is 7.99. The van der Waals surface area contributed by atoms with E-state index < -0.39 is 0 Å². The van der Waals surface area contributed by atoms with E-state index in [1.165, 1.54) is 17.8 Å². The number of aromatic nitrogens is 2. The van der Waals surface area contributed by atoms with Gasteiger partial charge in [-0.1, -0.05) is 30.0 Å². The van der Waals surface area contributed by atoms with E-state index in [-0.39, 0.29) is 5.82 Å². The second-order valence-corrected chi connectivity index (χ2v) is 7.44. The molecule has 0 saturated carbocycles. The lowest BCUT2D eigenvalue weighted by atomic mass is 10.2. The summed E-state index contributed by atoms with van der Waals surface area (Å²) in [5.74, 6) is 1.05. The Morgan fingerprint density at radius 2 is 1.67 bits per heavy atom. The number of para-hydroxylation sites is 1. The minimum atomic E-state index is -0.278. The van der Waals surface area contributed by atoms with Crippen LogP contribution in [0.3, 0.4) is 0 Å². The maximum absolute atomic E-state index is 13.0. The van der Waals surface area contributed by atoms with Gasteiger partial charge in [0, 0.05) is 49.7 Å². The van der Waals surface area contributed by atoms with Gasteiger partial charge in [0.15, 0.2) is 0 Å². The molecule has 2 heterocycles. The van der Waals surface area contributed by atoms with Gasteiger partial charge in [-0.3, -0.25) is 4.90 Å². The number of nitrogens with zero attached hydrogens (tertiary/aromatic N) is 4. The summed E-state index contributed by atoms with van der Waals surface area (Å²) in [5, 5.41) is 8.67.